The maximum atomic E-state index is 13.9. The predicted octanol–water partition coefficient (Wildman–Crippen LogP) is 3.60. The van der Waals surface area contributed by atoms with Crippen molar-refractivity contribution in [1.82, 2.24) is 9.88 Å². The normalized spacial score (nSPS) is 16.0. The van der Waals surface area contributed by atoms with Crippen LogP contribution in [0.1, 0.15) is 33.2 Å². The van der Waals surface area contributed by atoms with Crippen molar-refractivity contribution in [2.45, 2.75) is 19.6 Å². The first kappa shape index (κ1) is 19.2. The van der Waals surface area contributed by atoms with Crippen LogP contribution in [0, 0.1) is 24.4 Å². The highest BCUT2D eigenvalue weighted by atomic mass is 19.2. The molecular formula is C21H17F3N2O3. The average molecular weight is 402 g/mol. The second-order valence-electron chi connectivity index (χ2n) is 7.07. The number of carbonyl (C=O) groups is 1. The Kier molecular flexibility index (Phi) is 4.66. The van der Waals surface area contributed by atoms with Gasteiger partial charge in [0.05, 0.1) is 24.6 Å². The summed E-state index contributed by atoms with van der Waals surface area (Å²) in [5.74, 6) is -3.19. The van der Waals surface area contributed by atoms with Gasteiger partial charge in [0.1, 0.15) is 5.82 Å². The van der Waals surface area contributed by atoms with Gasteiger partial charge in [0.2, 0.25) is 0 Å². The molecule has 0 aliphatic carbocycles. The molecule has 5 nitrogen and oxygen atoms in total. The van der Waals surface area contributed by atoms with Crippen molar-refractivity contribution in [3.05, 3.63) is 80.5 Å². The zero-order valence-electron chi connectivity index (χ0n) is 15.7. The molecule has 2 heterocycles. The molecule has 0 bridgehead atoms. The quantitative estimate of drug-likeness (QED) is 0.713. The Labute approximate surface area is 163 Å². The number of rotatable bonds is 2. The molecule has 4 rings (SSSR count). The number of ether oxygens (including phenoxy) is 1. The van der Waals surface area contributed by atoms with Crippen LogP contribution < -0.4 is 5.56 Å². The number of H-pyrrole nitrogens is 1. The van der Waals surface area contributed by atoms with Crippen LogP contribution in [0.5, 0.6) is 0 Å². The minimum absolute atomic E-state index is 0.0169. The van der Waals surface area contributed by atoms with Gasteiger partial charge in [-0.3, -0.25) is 9.59 Å². The van der Waals surface area contributed by atoms with E-state index in [-0.39, 0.29) is 29.5 Å². The number of halogens is 3. The summed E-state index contributed by atoms with van der Waals surface area (Å²) in [6, 6.07) is 5.29. The Morgan fingerprint density at radius 3 is 2.48 bits per heavy atom. The van der Waals surface area contributed by atoms with Crippen LogP contribution in [-0.2, 0) is 11.3 Å². The molecule has 1 aliphatic heterocycles. The van der Waals surface area contributed by atoms with Gasteiger partial charge in [0, 0.05) is 23.9 Å². The third kappa shape index (κ3) is 3.19. The summed E-state index contributed by atoms with van der Waals surface area (Å²) in [6.45, 7) is 1.75. The lowest BCUT2D eigenvalue weighted by Gasteiger charge is -2.34. The number of benzene rings is 2. The molecule has 3 aromatic rings. The largest absolute Gasteiger partial charge is 0.373 e. The third-order valence-electron chi connectivity index (χ3n) is 5.25. The molecule has 0 saturated carbocycles. The third-order valence-corrected chi connectivity index (χ3v) is 5.25. The van der Waals surface area contributed by atoms with Crippen LogP contribution in [0.2, 0.25) is 0 Å². The molecule has 150 valence electrons. The van der Waals surface area contributed by atoms with E-state index in [0.29, 0.717) is 16.8 Å². The molecule has 1 atom stereocenters. The minimum Gasteiger partial charge on any atom is -0.373 e. The SMILES string of the molecule is Cc1ccc(C(=O)N(C)C2COCc3[nH]c(=O)c4cc(F)c(F)cc4c32)cc1F. The zero-order valence-corrected chi connectivity index (χ0v) is 15.7. The Morgan fingerprint density at radius 2 is 1.79 bits per heavy atom. The smallest absolute Gasteiger partial charge is 0.256 e. The summed E-state index contributed by atoms with van der Waals surface area (Å²) >= 11 is 0. The van der Waals surface area contributed by atoms with Gasteiger partial charge < -0.3 is 14.6 Å². The first-order valence-electron chi connectivity index (χ1n) is 8.92. The van der Waals surface area contributed by atoms with Gasteiger partial charge in [-0.1, -0.05) is 6.07 Å². The number of aromatic amines is 1. The lowest BCUT2D eigenvalue weighted by Crippen LogP contribution is -2.37. The van der Waals surface area contributed by atoms with Crippen molar-refractivity contribution in [2.24, 2.45) is 0 Å². The summed E-state index contributed by atoms with van der Waals surface area (Å²) in [7, 11) is 1.51. The van der Waals surface area contributed by atoms with E-state index in [1.165, 1.54) is 24.1 Å². The highest BCUT2D eigenvalue weighted by Gasteiger charge is 2.31. The van der Waals surface area contributed by atoms with E-state index in [4.69, 9.17) is 4.74 Å². The number of likely N-dealkylation sites (N-methyl/N-ethyl adjacent to an activating group) is 1. The molecule has 2 aromatic carbocycles. The molecule has 8 heteroatoms. The van der Waals surface area contributed by atoms with Crippen LogP contribution in [0.4, 0.5) is 13.2 Å². The highest BCUT2D eigenvalue weighted by Crippen LogP contribution is 2.34. The van der Waals surface area contributed by atoms with E-state index in [1.54, 1.807) is 6.92 Å². The number of aromatic nitrogens is 1. The standard InChI is InChI=1S/C21H17F3N2O3/c1-10-3-4-11(5-14(10)22)21(28)26(2)18-9-29-8-17-19(18)12-6-15(23)16(24)7-13(12)20(27)25-17/h3-7,18H,8-9H2,1-2H3,(H,25,27). The Hall–Kier alpha value is -3.13. The number of amides is 1. The first-order valence-corrected chi connectivity index (χ1v) is 8.92. The molecular weight excluding hydrogens is 385 g/mol. The Morgan fingerprint density at radius 1 is 1.10 bits per heavy atom. The zero-order chi connectivity index (χ0) is 20.9. The van der Waals surface area contributed by atoms with Gasteiger partial charge in [0.15, 0.2) is 11.6 Å². The molecule has 0 fully saturated rings. The number of hydrogen-bond donors (Lipinski definition) is 1. The van der Waals surface area contributed by atoms with E-state index in [1.807, 2.05) is 0 Å². The monoisotopic (exact) mass is 402 g/mol. The van der Waals surface area contributed by atoms with Gasteiger partial charge in [-0.25, -0.2) is 13.2 Å². The van der Waals surface area contributed by atoms with Crippen LogP contribution >= 0.6 is 0 Å². The van der Waals surface area contributed by atoms with Crippen molar-refractivity contribution >= 4 is 16.7 Å². The lowest BCUT2D eigenvalue weighted by atomic mass is 9.95. The maximum Gasteiger partial charge on any atom is 0.256 e. The summed E-state index contributed by atoms with van der Waals surface area (Å²) in [4.78, 5) is 29.2. The van der Waals surface area contributed by atoms with Gasteiger partial charge in [-0.2, -0.15) is 0 Å². The molecule has 1 N–H and O–H groups in total. The average Bonchev–Trinajstić information content (AvgIpc) is 2.70. The molecule has 0 radical (unpaired) electrons. The van der Waals surface area contributed by atoms with Crippen molar-refractivity contribution in [3.63, 3.8) is 0 Å². The minimum atomic E-state index is -1.13. The number of hydrogen-bond acceptors (Lipinski definition) is 3. The lowest BCUT2D eigenvalue weighted by molar-refractivity contribution is 0.0335. The van der Waals surface area contributed by atoms with E-state index in [0.717, 1.165) is 18.2 Å². The van der Waals surface area contributed by atoms with E-state index in [9.17, 15) is 22.8 Å². The first-order chi connectivity index (χ1) is 13.8. The Bertz CT molecular complexity index is 1210. The number of nitrogens with one attached hydrogen (secondary N) is 1. The summed E-state index contributed by atoms with van der Waals surface area (Å²) < 4.78 is 47.0. The van der Waals surface area contributed by atoms with Crippen molar-refractivity contribution in [2.75, 3.05) is 13.7 Å². The van der Waals surface area contributed by atoms with Gasteiger partial charge in [0.25, 0.3) is 11.5 Å². The van der Waals surface area contributed by atoms with Crippen molar-refractivity contribution < 1.29 is 22.7 Å². The van der Waals surface area contributed by atoms with E-state index >= 15 is 0 Å². The summed E-state index contributed by atoms with van der Waals surface area (Å²) in [6.07, 6.45) is 0. The fraction of sp³-hybridized carbons (Fsp3) is 0.238. The van der Waals surface area contributed by atoms with Crippen LogP contribution in [0.15, 0.2) is 35.1 Å². The number of fused-ring (bicyclic) bond motifs is 3. The van der Waals surface area contributed by atoms with Crippen LogP contribution in [-0.4, -0.2) is 29.4 Å². The fourth-order valence-electron chi connectivity index (χ4n) is 3.62. The van der Waals surface area contributed by atoms with E-state index < -0.39 is 35.0 Å². The van der Waals surface area contributed by atoms with Gasteiger partial charge in [-0.15, -0.1) is 0 Å². The molecule has 0 spiro atoms. The predicted molar refractivity (Wildman–Crippen MR) is 100 cm³/mol. The molecule has 29 heavy (non-hydrogen) atoms. The topological polar surface area (TPSA) is 62.4 Å². The molecule has 0 saturated heterocycles. The van der Waals surface area contributed by atoms with E-state index in [2.05, 4.69) is 4.98 Å². The van der Waals surface area contributed by atoms with Gasteiger partial charge >= 0.3 is 0 Å². The number of pyridine rings is 1. The van der Waals surface area contributed by atoms with Crippen LogP contribution in [0.25, 0.3) is 10.8 Å². The van der Waals surface area contributed by atoms with Gasteiger partial charge in [-0.05, 0) is 42.1 Å². The second-order valence-corrected chi connectivity index (χ2v) is 7.07. The highest BCUT2D eigenvalue weighted by molar-refractivity contribution is 5.95. The number of aryl methyl sites for hydroxylation is 1. The number of carbonyl (C=O) groups excluding carboxylic acids is 1. The van der Waals surface area contributed by atoms with Crippen LogP contribution in [0.3, 0.4) is 0 Å². The number of nitrogens with zero attached hydrogens (tertiary/aromatic N) is 1. The Balaban J connectivity index is 1.84. The summed E-state index contributed by atoms with van der Waals surface area (Å²) in [5.41, 5.74) is 0.856. The summed E-state index contributed by atoms with van der Waals surface area (Å²) in [5, 5.41) is 0.197. The molecule has 1 unspecified atom stereocenters. The molecule has 1 aromatic heterocycles. The van der Waals surface area contributed by atoms with Crippen molar-refractivity contribution in [3.8, 4) is 0 Å². The maximum absolute atomic E-state index is 13.9. The fourth-order valence-corrected chi connectivity index (χ4v) is 3.62. The van der Waals surface area contributed by atoms with Crippen molar-refractivity contribution in [1.29, 1.82) is 0 Å². The molecule has 1 amide bonds. The molecule has 1 aliphatic rings. The second kappa shape index (κ2) is 7.04.